The van der Waals surface area contributed by atoms with Crippen molar-refractivity contribution < 1.29 is 4.39 Å². The molecule has 0 amide bonds. The lowest BCUT2D eigenvalue weighted by molar-refractivity contribution is 0.519. The highest BCUT2D eigenvalue weighted by Crippen LogP contribution is 2.48. The maximum Gasteiger partial charge on any atom is 0.214 e. The number of aromatic nitrogens is 1. The maximum absolute atomic E-state index is 12.7. The summed E-state index contributed by atoms with van der Waals surface area (Å²) in [5, 5.41) is 3.19. The minimum atomic E-state index is -0.420. The van der Waals surface area contributed by atoms with Crippen molar-refractivity contribution in [3.63, 3.8) is 0 Å². The van der Waals surface area contributed by atoms with Gasteiger partial charge in [0.2, 0.25) is 5.95 Å². The van der Waals surface area contributed by atoms with Crippen LogP contribution in [-0.4, -0.2) is 11.5 Å². The SMILES string of the molecule is CCC1(CNc2cccc(F)n2)CC1. The Balaban J connectivity index is 1.92. The highest BCUT2D eigenvalue weighted by Gasteiger charge is 2.40. The molecule has 1 aromatic heterocycles. The molecule has 0 spiro atoms. The van der Waals surface area contributed by atoms with E-state index in [4.69, 9.17) is 0 Å². The van der Waals surface area contributed by atoms with Crippen molar-refractivity contribution in [3.05, 3.63) is 24.1 Å². The monoisotopic (exact) mass is 194 g/mol. The standard InChI is InChI=1S/C11H15FN2/c1-2-11(6-7-11)8-13-10-5-3-4-9(12)14-10/h3-5H,2,6-8H2,1H3,(H,13,14). The van der Waals surface area contributed by atoms with Crippen LogP contribution in [0.1, 0.15) is 26.2 Å². The molecule has 1 aliphatic rings. The van der Waals surface area contributed by atoms with Gasteiger partial charge in [-0.05, 0) is 36.8 Å². The first-order valence-corrected chi connectivity index (χ1v) is 5.11. The van der Waals surface area contributed by atoms with Gasteiger partial charge in [-0.2, -0.15) is 4.39 Å². The third kappa shape index (κ3) is 2.03. The minimum absolute atomic E-state index is 0.420. The minimum Gasteiger partial charge on any atom is -0.369 e. The Kier molecular flexibility index (Phi) is 2.40. The lowest BCUT2D eigenvalue weighted by atomic mass is 10.0. The Morgan fingerprint density at radius 1 is 1.50 bits per heavy atom. The summed E-state index contributed by atoms with van der Waals surface area (Å²) in [4.78, 5) is 3.76. The second kappa shape index (κ2) is 3.56. The van der Waals surface area contributed by atoms with Gasteiger partial charge in [0.05, 0.1) is 0 Å². The number of hydrogen-bond donors (Lipinski definition) is 1. The van der Waals surface area contributed by atoms with E-state index < -0.39 is 5.95 Å². The van der Waals surface area contributed by atoms with Gasteiger partial charge in [-0.3, -0.25) is 0 Å². The highest BCUT2D eigenvalue weighted by molar-refractivity contribution is 5.34. The van der Waals surface area contributed by atoms with Crippen LogP contribution in [0.2, 0.25) is 0 Å². The van der Waals surface area contributed by atoms with Crippen LogP contribution in [0.5, 0.6) is 0 Å². The molecule has 3 heteroatoms. The van der Waals surface area contributed by atoms with Gasteiger partial charge in [0.25, 0.3) is 0 Å². The number of hydrogen-bond acceptors (Lipinski definition) is 2. The molecule has 14 heavy (non-hydrogen) atoms. The van der Waals surface area contributed by atoms with Crippen molar-refractivity contribution in [3.8, 4) is 0 Å². The van der Waals surface area contributed by atoms with Gasteiger partial charge in [0.15, 0.2) is 0 Å². The van der Waals surface area contributed by atoms with E-state index in [9.17, 15) is 4.39 Å². The molecule has 0 aromatic carbocycles. The van der Waals surface area contributed by atoms with Crippen LogP contribution >= 0.6 is 0 Å². The number of rotatable bonds is 4. The number of nitrogens with zero attached hydrogens (tertiary/aromatic N) is 1. The molecule has 1 aromatic rings. The first-order valence-electron chi connectivity index (χ1n) is 5.11. The Morgan fingerprint density at radius 2 is 2.29 bits per heavy atom. The molecule has 0 saturated heterocycles. The molecule has 1 heterocycles. The zero-order valence-corrected chi connectivity index (χ0v) is 8.39. The molecule has 1 saturated carbocycles. The van der Waals surface area contributed by atoms with E-state index in [0.29, 0.717) is 11.2 Å². The Labute approximate surface area is 83.6 Å². The summed E-state index contributed by atoms with van der Waals surface area (Å²) in [6.45, 7) is 3.12. The summed E-state index contributed by atoms with van der Waals surface area (Å²) >= 11 is 0. The van der Waals surface area contributed by atoms with Crippen molar-refractivity contribution in [2.75, 3.05) is 11.9 Å². The number of halogens is 1. The summed E-state index contributed by atoms with van der Waals surface area (Å²) in [6.07, 6.45) is 3.76. The van der Waals surface area contributed by atoms with Crippen LogP contribution in [0.3, 0.4) is 0 Å². The normalized spacial score (nSPS) is 17.9. The first kappa shape index (κ1) is 9.44. The summed E-state index contributed by atoms with van der Waals surface area (Å²) < 4.78 is 12.7. The summed E-state index contributed by atoms with van der Waals surface area (Å²) in [5.74, 6) is 0.223. The molecule has 1 aliphatic carbocycles. The molecule has 0 bridgehead atoms. The van der Waals surface area contributed by atoms with E-state index in [1.807, 2.05) is 0 Å². The Morgan fingerprint density at radius 3 is 2.86 bits per heavy atom. The van der Waals surface area contributed by atoms with E-state index in [0.717, 1.165) is 6.54 Å². The molecule has 1 fully saturated rings. The molecule has 0 unspecified atom stereocenters. The fraction of sp³-hybridized carbons (Fsp3) is 0.545. The molecule has 0 atom stereocenters. The van der Waals surface area contributed by atoms with Crippen LogP contribution in [0.4, 0.5) is 10.2 Å². The summed E-state index contributed by atoms with van der Waals surface area (Å²) in [6, 6.07) is 4.84. The molecule has 76 valence electrons. The van der Waals surface area contributed by atoms with Gasteiger partial charge in [-0.15, -0.1) is 0 Å². The van der Waals surface area contributed by atoms with Crippen molar-refractivity contribution in [2.24, 2.45) is 5.41 Å². The van der Waals surface area contributed by atoms with E-state index in [1.54, 1.807) is 12.1 Å². The Bertz CT molecular complexity index is 321. The van der Waals surface area contributed by atoms with Crippen LogP contribution in [0.25, 0.3) is 0 Å². The zero-order valence-electron chi connectivity index (χ0n) is 8.39. The predicted molar refractivity (Wildman–Crippen MR) is 54.6 cm³/mol. The van der Waals surface area contributed by atoms with Crippen LogP contribution in [-0.2, 0) is 0 Å². The number of anilines is 1. The van der Waals surface area contributed by atoms with Gasteiger partial charge in [0.1, 0.15) is 5.82 Å². The topological polar surface area (TPSA) is 24.9 Å². The van der Waals surface area contributed by atoms with E-state index in [2.05, 4.69) is 17.2 Å². The second-order valence-corrected chi connectivity index (χ2v) is 4.05. The predicted octanol–water partition coefficient (Wildman–Crippen LogP) is 2.82. The lowest BCUT2D eigenvalue weighted by Gasteiger charge is -2.13. The van der Waals surface area contributed by atoms with Gasteiger partial charge in [0, 0.05) is 6.54 Å². The first-order chi connectivity index (χ1) is 6.74. The highest BCUT2D eigenvalue weighted by atomic mass is 19.1. The van der Waals surface area contributed by atoms with Gasteiger partial charge < -0.3 is 5.32 Å². The molecule has 1 N–H and O–H groups in total. The molecule has 0 aliphatic heterocycles. The molecular formula is C11H15FN2. The van der Waals surface area contributed by atoms with E-state index in [1.165, 1.54) is 25.3 Å². The third-order valence-electron chi connectivity index (χ3n) is 3.07. The van der Waals surface area contributed by atoms with Crippen LogP contribution in [0, 0.1) is 11.4 Å². The van der Waals surface area contributed by atoms with Crippen molar-refractivity contribution in [1.82, 2.24) is 4.98 Å². The van der Waals surface area contributed by atoms with Crippen molar-refractivity contribution in [1.29, 1.82) is 0 Å². The average Bonchev–Trinajstić information content (AvgIpc) is 2.96. The van der Waals surface area contributed by atoms with Crippen molar-refractivity contribution >= 4 is 5.82 Å². The second-order valence-electron chi connectivity index (χ2n) is 4.05. The van der Waals surface area contributed by atoms with Crippen LogP contribution < -0.4 is 5.32 Å². The number of nitrogens with one attached hydrogen (secondary N) is 1. The molecule has 0 radical (unpaired) electrons. The largest absolute Gasteiger partial charge is 0.369 e. The zero-order chi connectivity index (χ0) is 10.0. The molecular weight excluding hydrogens is 179 g/mol. The maximum atomic E-state index is 12.7. The van der Waals surface area contributed by atoms with Gasteiger partial charge in [-0.25, -0.2) is 4.98 Å². The average molecular weight is 194 g/mol. The summed E-state index contributed by atoms with van der Waals surface area (Å²) in [5.41, 5.74) is 0.466. The fourth-order valence-corrected chi connectivity index (χ4v) is 1.62. The molecule has 2 nitrogen and oxygen atoms in total. The third-order valence-corrected chi connectivity index (χ3v) is 3.07. The number of pyridine rings is 1. The quantitative estimate of drug-likeness (QED) is 0.745. The fourth-order valence-electron chi connectivity index (χ4n) is 1.62. The lowest BCUT2D eigenvalue weighted by Crippen LogP contribution is -2.15. The Hall–Kier alpha value is -1.12. The van der Waals surface area contributed by atoms with Gasteiger partial charge >= 0.3 is 0 Å². The smallest absolute Gasteiger partial charge is 0.214 e. The molecule has 2 rings (SSSR count). The van der Waals surface area contributed by atoms with E-state index >= 15 is 0 Å². The van der Waals surface area contributed by atoms with E-state index in [-0.39, 0.29) is 0 Å². The van der Waals surface area contributed by atoms with Gasteiger partial charge in [-0.1, -0.05) is 13.0 Å². The van der Waals surface area contributed by atoms with Crippen LogP contribution in [0.15, 0.2) is 18.2 Å². The van der Waals surface area contributed by atoms with Crippen molar-refractivity contribution in [2.45, 2.75) is 26.2 Å². The summed E-state index contributed by atoms with van der Waals surface area (Å²) in [7, 11) is 0.